The van der Waals surface area contributed by atoms with Gasteiger partial charge in [-0.3, -0.25) is 4.79 Å². The molecule has 2 fully saturated rings. The fourth-order valence-corrected chi connectivity index (χ4v) is 3.93. The molecule has 1 aromatic carbocycles. The third-order valence-corrected chi connectivity index (χ3v) is 5.44. The third-order valence-electron chi connectivity index (χ3n) is 5.44. The molecule has 1 amide bonds. The van der Waals surface area contributed by atoms with Crippen LogP contribution in [0.2, 0.25) is 0 Å². The summed E-state index contributed by atoms with van der Waals surface area (Å²) in [6.07, 6.45) is 1.85. The number of quaternary nitrogens is 2. The number of carbonyl (C=O) groups is 2. The quantitative estimate of drug-likeness (QED) is 0.473. The van der Waals surface area contributed by atoms with Crippen molar-refractivity contribution in [1.82, 2.24) is 9.13 Å². The normalized spacial score (nSPS) is 33.3. The average molecular weight is 379 g/mol. The minimum atomic E-state index is -1.13. The molecule has 0 radical (unpaired) electrons. The lowest BCUT2D eigenvalue weighted by Crippen LogP contribution is -2.51. The molecule has 0 aliphatic carbocycles. The Labute approximate surface area is 155 Å². The Balaban J connectivity index is 1.86. The zero-order valence-electron chi connectivity index (χ0n) is 15.0. The van der Waals surface area contributed by atoms with Crippen LogP contribution in [0.15, 0.2) is 18.2 Å². The number of hydrogen-bond donors (Lipinski definition) is 2. The fourth-order valence-electron chi connectivity index (χ4n) is 3.93. The Morgan fingerprint density at radius 3 is 2.56 bits per heavy atom. The van der Waals surface area contributed by atoms with E-state index < -0.39 is 28.6 Å². The van der Waals surface area contributed by atoms with E-state index in [4.69, 9.17) is 9.84 Å². The van der Waals surface area contributed by atoms with Gasteiger partial charge in [0.15, 0.2) is 29.8 Å². The first-order valence-corrected chi connectivity index (χ1v) is 8.83. The first kappa shape index (κ1) is 19.2. The standard InChI is InChI=1S/C18H21FN3O5/c1-12-10-22(26,18(25)27-12)14-2-3-16(15(19)9-14)21(11-20)6-4-13(5-7-21)8-17(23)24/h2-3,9,12-13,26H,4-8,10H2,1H3/q+1/p+1/t12?,13?,21?,22-/m0/s1. The molecule has 0 bridgehead atoms. The van der Waals surface area contributed by atoms with Gasteiger partial charge in [-0.2, -0.15) is 9.28 Å². The van der Waals surface area contributed by atoms with Crippen molar-refractivity contribution >= 4 is 23.4 Å². The average Bonchev–Trinajstić information content (AvgIpc) is 2.88. The van der Waals surface area contributed by atoms with Crippen LogP contribution in [-0.2, 0) is 9.53 Å². The van der Waals surface area contributed by atoms with Crippen molar-refractivity contribution in [3.8, 4) is 6.19 Å². The van der Waals surface area contributed by atoms with Crippen LogP contribution in [0.5, 0.6) is 0 Å². The fraction of sp³-hybridized carbons (Fsp3) is 0.500. The monoisotopic (exact) mass is 379 g/mol. The highest BCUT2D eigenvalue weighted by atomic mass is 19.1. The van der Waals surface area contributed by atoms with Crippen molar-refractivity contribution in [3.63, 3.8) is 0 Å². The van der Waals surface area contributed by atoms with E-state index in [2.05, 4.69) is 6.19 Å². The van der Waals surface area contributed by atoms with Crippen molar-refractivity contribution < 1.29 is 29.0 Å². The largest absolute Gasteiger partial charge is 0.555 e. The first-order valence-electron chi connectivity index (χ1n) is 8.83. The number of cyclic esters (lactones) is 1. The van der Waals surface area contributed by atoms with Gasteiger partial charge in [-0.1, -0.05) is 0 Å². The Kier molecular flexibility index (Phi) is 4.90. The van der Waals surface area contributed by atoms with Crippen molar-refractivity contribution in [2.45, 2.75) is 32.3 Å². The predicted molar refractivity (Wildman–Crippen MR) is 92.9 cm³/mol. The van der Waals surface area contributed by atoms with Crippen LogP contribution in [0.25, 0.3) is 0 Å². The maximum atomic E-state index is 14.9. The lowest BCUT2D eigenvalue weighted by molar-refractivity contribution is -0.138. The SMILES string of the molecule is CC1C[N@+](O)(c2ccc([N+]3(C#N)CCC(CC(=O)O)CC3)c(F)c2)C(=O)O1. The van der Waals surface area contributed by atoms with E-state index in [1.807, 2.05) is 0 Å². The second kappa shape index (κ2) is 6.88. The summed E-state index contributed by atoms with van der Waals surface area (Å²) in [5.74, 6) is -1.60. The van der Waals surface area contributed by atoms with Crippen LogP contribution < -0.4 is 9.13 Å². The van der Waals surface area contributed by atoms with E-state index in [-0.39, 0.29) is 34.7 Å². The van der Waals surface area contributed by atoms with Crippen LogP contribution in [-0.4, -0.2) is 48.1 Å². The van der Waals surface area contributed by atoms with Crippen LogP contribution in [0, 0.1) is 23.2 Å². The van der Waals surface area contributed by atoms with Gasteiger partial charge in [0.2, 0.25) is 0 Å². The number of hydrogen-bond acceptors (Lipinski definition) is 5. The molecule has 0 saturated carbocycles. The number of ether oxygens (including phenoxy) is 1. The molecule has 144 valence electrons. The summed E-state index contributed by atoms with van der Waals surface area (Å²) in [5, 5.41) is 29.2. The van der Waals surface area contributed by atoms with E-state index in [9.17, 15) is 24.4 Å². The smallest absolute Gasteiger partial charge is 0.481 e. The molecular formula is C18H22FN3O5+2. The number of amides is 1. The molecule has 2 aliphatic heterocycles. The van der Waals surface area contributed by atoms with Crippen LogP contribution in [0.3, 0.4) is 0 Å². The van der Waals surface area contributed by atoms with Crippen molar-refractivity contribution in [1.29, 1.82) is 5.26 Å². The number of carboxylic acids is 1. The number of benzene rings is 1. The Morgan fingerprint density at radius 1 is 1.41 bits per heavy atom. The first-order chi connectivity index (χ1) is 12.7. The Bertz CT molecular complexity index is 816. The van der Waals surface area contributed by atoms with E-state index >= 15 is 0 Å². The van der Waals surface area contributed by atoms with Gasteiger partial charge in [0.1, 0.15) is 0 Å². The van der Waals surface area contributed by atoms with Crippen LogP contribution >= 0.6 is 0 Å². The maximum Gasteiger partial charge on any atom is 0.555 e. The zero-order chi connectivity index (χ0) is 19.8. The second-order valence-electron chi connectivity index (χ2n) is 7.34. The van der Waals surface area contributed by atoms with Gasteiger partial charge in [-0.15, -0.1) is 5.26 Å². The molecule has 2 heterocycles. The van der Waals surface area contributed by atoms with E-state index in [1.54, 1.807) is 6.92 Å². The summed E-state index contributed by atoms with van der Waals surface area (Å²) in [6, 6.07) is 3.91. The van der Waals surface area contributed by atoms with E-state index in [0.29, 0.717) is 25.9 Å². The Morgan fingerprint density at radius 2 is 2.07 bits per heavy atom. The third kappa shape index (κ3) is 3.39. The number of carbonyl (C=O) groups excluding carboxylic acids is 1. The number of piperidine rings is 1. The van der Waals surface area contributed by atoms with Gasteiger partial charge in [-0.05, 0) is 17.5 Å². The molecular weight excluding hydrogens is 357 g/mol. The van der Waals surface area contributed by atoms with Crippen molar-refractivity contribution in [2.24, 2.45) is 5.92 Å². The summed E-state index contributed by atoms with van der Waals surface area (Å²) < 4.78 is 18.5. The number of carboxylic acid groups (broad SMARTS) is 1. The van der Waals surface area contributed by atoms with Crippen molar-refractivity contribution in [3.05, 3.63) is 24.0 Å². The molecule has 2 N–H and O–H groups in total. The molecule has 3 rings (SSSR count). The number of nitrogens with zero attached hydrogens (tertiary/aromatic N) is 3. The van der Waals surface area contributed by atoms with Gasteiger partial charge >= 0.3 is 18.3 Å². The lowest BCUT2D eigenvalue weighted by Gasteiger charge is -2.35. The topological polar surface area (TPSA) is 108 Å². The zero-order valence-corrected chi connectivity index (χ0v) is 15.0. The lowest BCUT2D eigenvalue weighted by atomic mass is 9.91. The Hall–Kier alpha value is -2.54. The number of aliphatic carboxylic acids is 1. The minimum absolute atomic E-state index is 0.0211. The van der Waals surface area contributed by atoms with Gasteiger partial charge in [-0.25, -0.2) is 9.60 Å². The summed E-state index contributed by atoms with van der Waals surface area (Å²) in [7, 11) is 0. The number of likely N-dealkylation sites (tertiary alicyclic amines) is 1. The molecule has 2 atom stereocenters. The molecule has 0 aromatic heterocycles. The molecule has 0 spiro atoms. The van der Waals surface area contributed by atoms with Gasteiger partial charge in [0.25, 0.3) is 0 Å². The van der Waals surface area contributed by atoms with Gasteiger partial charge < -0.3 is 9.84 Å². The van der Waals surface area contributed by atoms with Crippen LogP contribution in [0.4, 0.5) is 20.6 Å². The van der Waals surface area contributed by atoms with Gasteiger partial charge in [0, 0.05) is 37.5 Å². The van der Waals surface area contributed by atoms with Crippen molar-refractivity contribution in [2.75, 3.05) is 19.6 Å². The maximum absolute atomic E-state index is 14.9. The number of nitriles is 1. The summed E-state index contributed by atoms with van der Waals surface area (Å²) in [4.78, 5) is 22.8. The molecule has 1 unspecified atom stereocenters. The molecule has 2 saturated heterocycles. The van der Waals surface area contributed by atoms with E-state index in [0.717, 1.165) is 6.07 Å². The number of rotatable bonds is 4. The minimum Gasteiger partial charge on any atom is -0.481 e. The summed E-state index contributed by atoms with van der Waals surface area (Å²) in [5.41, 5.74) is 0.199. The molecule has 1 aromatic rings. The highest BCUT2D eigenvalue weighted by molar-refractivity contribution is 5.82. The molecule has 2 aliphatic rings. The van der Waals surface area contributed by atoms with Gasteiger partial charge in [0.05, 0.1) is 13.1 Å². The summed E-state index contributed by atoms with van der Waals surface area (Å²) >= 11 is 0. The highest BCUT2D eigenvalue weighted by Crippen LogP contribution is 2.37. The molecule has 27 heavy (non-hydrogen) atoms. The molecule has 8 nitrogen and oxygen atoms in total. The number of halogens is 1. The summed E-state index contributed by atoms with van der Waals surface area (Å²) in [6.45, 7) is 2.23. The second-order valence-corrected chi connectivity index (χ2v) is 7.34. The van der Waals surface area contributed by atoms with Crippen LogP contribution in [0.1, 0.15) is 26.2 Å². The molecule has 9 heteroatoms. The van der Waals surface area contributed by atoms with E-state index in [1.165, 1.54) is 12.1 Å². The predicted octanol–water partition coefficient (Wildman–Crippen LogP) is 2.73. The number of hydroxylamine groups is 2. The highest BCUT2D eigenvalue weighted by Gasteiger charge is 2.51.